The molecule has 0 saturated heterocycles. The van der Waals surface area contributed by atoms with Gasteiger partial charge in [-0.1, -0.05) is 0 Å². The van der Waals surface area contributed by atoms with E-state index in [1.54, 1.807) is 30.4 Å². The Morgan fingerprint density at radius 1 is 1.63 bits per heavy atom. The van der Waals surface area contributed by atoms with Crippen molar-refractivity contribution in [1.82, 2.24) is 9.55 Å². The van der Waals surface area contributed by atoms with E-state index in [4.69, 9.17) is 5.11 Å². The lowest BCUT2D eigenvalue weighted by Crippen LogP contribution is -2.36. The fraction of sp³-hybridized carbons (Fsp3) is 0.636. The van der Waals surface area contributed by atoms with Crippen molar-refractivity contribution in [3.63, 3.8) is 0 Å². The van der Waals surface area contributed by atoms with Crippen molar-refractivity contribution >= 4 is 17.6 Å². The number of carbonyl (C=O) groups is 1. The van der Waals surface area contributed by atoms with Gasteiger partial charge < -0.3 is 20.1 Å². The zero-order chi connectivity index (χ0) is 14.7. The van der Waals surface area contributed by atoms with E-state index in [0.29, 0.717) is 18.2 Å². The number of nitro groups is 1. The number of imidazole rings is 1. The van der Waals surface area contributed by atoms with Gasteiger partial charge in [0.2, 0.25) is 11.6 Å². The monoisotopic (exact) mass is 270 g/mol. The maximum atomic E-state index is 11.0. The average molecular weight is 270 g/mol. The van der Waals surface area contributed by atoms with Gasteiger partial charge in [-0.25, -0.2) is 0 Å². The summed E-state index contributed by atoms with van der Waals surface area (Å²) >= 11 is 0. The average Bonchev–Trinajstić information content (AvgIpc) is 2.57. The van der Waals surface area contributed by atoms with Gasteiger partial charge in [0.05, 0.1) is 6.42 Å². The second-order valence-corrected chi connectivity index (χ2v) is 4.36. The molecule has 0 bridgehead atoms. The number of carboxylic acid groups (broad SMARTS) is 1. The van der Waals surface area contributed by atoms with Gasteiger partial charge in [0.25, 0.3) is 0 Å². The maximum Gasteiger partial charge on any atom is 0.406 e. The van der Waals surface area contributed by atoms with Crippen LogP contribution in [0.25, 0.3) is 0 Å². The highest BCUT2D eigenvalue weighted by molar-refractivity contribution is 5.69. The minimum atomic E-state index is -0.938. The molecule has 0 spiro atoms. The molecule has 1 aromatic heterocycles. The largest absolute Gasteiger partial charge is 0.481 e. The number of anilines is 1. The molecule has 1 aromatic rings. The molecule has 0 aromatic carbocycles. The van der Waals surface area contributed by atoms with E-state index >= 15 is 0 Å². The maximum absolute atomic E-state index is 11.0. The minimum Gasteiger partial charge on any atom is -0.481 e. The molecule has 0 aliphatic rings. The second kappa shape index (κ2) is 5.68. The highest BCUT2D eigenvalue weighted by Gasteiger charge is 2.30. The fourth-order valence-electron chi connectivity index (χ4n) is 2.06. The summed E-state index contributed by atoms with van der Waals surface area (Å²) in [6.45, 7) is 5.69. The molecule has 0 amide bonds. The molecule has 0 saturated carbocycles. The van der Waals surface area contributed by atoms with Gasteiger partial charge >= 0.3 is 11.8 Å². The highest BCUT2D eigenvalue weighted by atomic mass is 16.6. The third-order valence-corrected chi connectivity index (χ3v) is 3.06. The number of rotatable bonds is 6. The number of aromatic nitrogens is 2. The smallest absolute Gasteiger partial charge is 0.406 e. The number of aryl methyl sites for hydroxylation is 1. The van der Waals surface area contributed by atoms with E-state index in [9.17, 15) is 14.9 Å². The molecule has 19 heavy (non-hydrogen) atoms. The summed E-state index contributed by atoms with van der Waals surface area (Å²) in [4.78, 5) is 26.9. The molecule has 0 aliphatic heterocycles. The topological polar surface area (TPSA) is 101 Å². The van der Waals surface area contributed by atoms with E-state index in [2.05, 4.69) is 4.98 Å². The molecule has 8 nitrogen and oxygen atoms in total. The van der Waals surface area contributed by atoms with Gasteiger partial charge in [-0.05, 0) is 23.8 Å². The Hall–Kier alpha value is -2.12. The van der Waals surface area contributed by atoms with Crippen LogP contribution in [-0.2, 0) is 11.8 Å². The summed E-state index contributed by atoms with van der Waals surface area (Å²) in [5.74, 6) is -0.312. The SMILES string of the molecule is CCN(c1c([N+](=O)[O-])nc(C)n1C)C(C)CC(=O)O. The van der Waals surface area contributed by atoms with E-state index in [1.165, 1.54) is 0 Å². The first-order valence-corrected chi connectivity index (χ1v) is 5.95. The molecule has 0 aliphatic carbocycles. The molecule has 1 N–H and O–H groups in total. The summed E-state index contributed by atoms with van der Waals surface area (Å²) in [6.07, 6.45) is -0.0881. The summed E-state index contributed by atoms with van der Waals surface area (Å²) < 4.78 is 1.61. The van der Waals surface area contributed by atoms with Gasteiger partial charge in [-0.2, -0.15) is 0 Å². The van der Waals surface area contributed by atoms with E-state index < -0.39 is 10.9 Å². The van der Waals surface area contributed by atoms with Gasteiger partial charge in [0.1, 0.15) is 0 Å². The van der Waals surface area contributed by atoms with Crippen molar-refractivity contribution in [2.24, 2.45) is 7.05 Å². The van der Waals surface area contributed by atoms with Crippen LogP contribution in [0.2, 0.25) is 0 Å². The molecule has 0 fully saturated rings. The van der Waals surface area contributed by atoms with Crippen molar-refractivity contribution in [1.29, 1.82) is 0 Å². The number of hydrogen-bond acceptors (Lipinski definition) is 5. The summed E-state index contributed by atoms with van der Waals surface area (Å²) in [7, 11) is 1.68. The molecular weight excluding hydrogens is 252 g/mol. The Balaban J connectivity index is 3.24. The zero-order valence-electron chi connectivity index (χ0n) is 11.5. The third kappa shape index (κ3) is 3.01. The van der Waals surface area contributed by atoms with Gasteiger partial charge in [-0.3, -0.25) is 9.36 Å². The van der Waals surface area contributed by atoms with E-state index in [1.807, 2.05) is 6.92 Å². The van der Waals surface area contributed by atoms with Crippen molar-refractivity contribution in [3.8, 4) is 0 Å². The highest BCUT2D eigenvalue weighted by Crippen LogP contribution is 2.29. The standard InChI is InChI=1S/C11H18N4O4/c1-5-14(7(2)6-9(16)17)11-10(15(18)19)12-8(3)13(11)4/h7H,5-6H2,1-4H3,(H,16,17). The molecule has 8 heteroatoms. The van der Waals surface area contributed by atoms with Crippen LogP contribution in [-0.4, -0.2) is 38.1 Å². The lowest BCUT2D eigenvalue weighted by molar-refractivity contribution is -0.388. The van der Waals surface area contributed by atoms with Crippen LogP contribution in [0.3, 0.4) is 0 Å². The Morgan fingerprint density at radius 3 is 2.63 bits per heavy atom. The van der Waals surface area contributed by atoms with Crippen LogP contribution >= 0.6 is 0 Å². The zero-order valence-corrected chi connectivity index (χ0v) is 11.5. The predicted molar refractivity (Wildman–Crippen MR) is 69.3 cm³/mol. The van der Waals surface area contributed by atoms with E-state index in [-0.39, 0.29) is 18.3 Å². The Bertz CT molecular complexity index is 497. The molecule has 1 heterocycles. The number of aliphatic carboxylic acids is 1. The van der Waals surface area contributed by atoms with Gasteiger partial charge in [-0.15, -0.1) is 0 Å². The fourth-order valence-corrected chi connectivity index (χ4v) is 2.06. The first-order valence-electron chi connectivity index (χ1n) is 5.95. The molecule has 106 valence electrons. The Morgan fingerprint density at radius 2 is 2.21 bits per heavy atom. The third-order valence-electron chi connectivity index (χ3n) is 3.06. The van der Waals surface area contributed by atoms with Crippen LogP contribution in [0, 0.1) is 17.0 Å². The quantitative estimate of drug-likeness (QED) is 0.618. The lowest BCUT2D eigenvalue weighted by atomic mass is 10.2. The Kier molecular flexibility index (Phi) is 4.47. The van der Waals surface area contributed by atoms with Crippen LogP contribution < -0.4 is 4.90 Å². The minimum absolute atomic E-state index is 0.0881. The van der Waals surface area contributed by atoms with Crippen molar-refractivity contribution < 1.29 is 14.8 Å². The molecule has 1 rings (SSSR count). The van der Waals surface area contributed by atoms with Crippen molar-refractivity contribution in [2.75, 3.05) is 11.4 Å². The molecule has 0 radical (unpaired) electrons. The molecular formula is C11H18N4O4. The van der Waals surface area contributed by atoms with Crippen molar-refractivity contribution in [2.45, 2.75) is 33.2 Å². The van der Waals surface area contributed by atoms with E-state index in [0.717, 1.165) is 0 Å². The summed E-state index contributed by atoms with van der Waals surface area (Å²) in [5, 5.41) is 19.9. The van der Waals surface area contributed by atoms with Gasteiger partial charge in [0.15, 0.2) is 0 Å². The normalized spacial score (nSPS) is 12.2. The summed E-state index contributed by atoms with van der Waals surface area (Å²) in [6, 6.07) is -0.351. The number of hydrogen-bond donors (Lipinski definition) is 1. The lowest BCUT2D eigenvalue weighted by Gasteiger charge is -2.28. The molecule has 1 unspecified atom stereocenters. The predicted octanol–water partition coefficient (Wildman–Crippen LogP) is 1.33. The number of carboxylic acids is 1. The Labute approximate surface area is 110 Å². The first-order chi connectivity index (χ1) is 8.79. The molecule has 1 atom stereocenters. The van der Waals surface area contributed by atoms with Crippen LogP contribution in [0.1, 0.15) is 26.1 Å². The van der Waals surface area contributed by atoms with Crippen LogP contribution in [0.4, 0.5) is 11.6 Å². The first kappa shape index (κ1) is 14.9. The summed E-state index contributed by atoms with van der Waals surface area (Å²) in [5.41, 5.74) is 0. The second-order valence-electron chi connectivity index (χ2n) is 4.36. The number of nitrogens with zero attached hydrogens (tertiary/aromatic N) is 4. The van der Waals surface area contributed by atoms with Crippen molar-refractivity contribution in [3.05, 3.63) is 15.9 Å². The van der Waals surface area contributed by atoms with Gasteiger partial charge in [0, 0.05) is 26.6 Å². The van der Waals surface area contributed by atoms with Crippen LogP contribution in [0.5, 0.6) is 0 Å². The van der Waals surface area contributed by atoms with Crippen LogP contribution in [0.15, 0.2) is 0 Å².